The summed E-state index contributed by atoms with van der Waals surface area (Å²) in [5.74, 6) is 1.33. The monoisotopic (exact) mass is 507 g/mol. The Bertz CT molecular complexity index is 992. The van der Waals surface area contributed by atoms with E-state index < -0.39 is 0 Å². The minimum absolute atomic E-state index is 0.118. The van der Waals surface area contributed by atoms with Gasteiger partial charge in [-0.05, 0) is 107 Å². The topological polar surface area (TPSA) is 44.8 Å². The molecule has 0 spiro atoms. The minimum atomic E-state index is -0.247. The second kappa shape index (κ2) is 13.7. The third-order valence-corrected chi connectivity index (χ3v) is 7.52. The lowest BCUT2D eigenvalue weighted by Gasteiger charge is -2.33. The van der Waals surface area contributed by atoms with Gasteiger partial charge in [-0.25, -0.2) is 4.39 Å². The Labute approximate surface area is 221 Å². The van der Waals surface area contributed by atoms with Gasteiger partial charge in [0.25, 0.3) is 0 Å². The summed E-state index contributed by atoms with van der Waals surface area (Å²) in [6.07, 6.45) is 9.56. The van der Waals surface area contributed by atoms with Gasteiger partial charge in [0.1, 0.15) is 17.7 Å². The van der Waals surface area contributed by atoms with Crippen LogP contribution < -0.4 is 10.1 Å². The number of carbonyl (C=O) groups is 1. The zero-order valence-electron chi connectivity index (χ0n) is 22.4. The first-order chi connectivity index (χ1) is 18.0. The number of benzene rings is 2. The van der Waals surface area contributed by atoms with Crippen molar-refractivity contribution in [1.82, 2.24) is 15.1 Å². The van der Waals surface area contributed by atoms with Crippen molar-refractivity contribution in [3.05, 3.63) is 71.6 Å². The average molecular weight is 508 g/mol. The number of carbonyl (C=O) groups excluding carboxylic acids is 1. The number of hydrogen-bond donors (Lipinski definition) is 1. The molecule has 37 heavy (non-hydrogen) atoms. The predicted molar refractivity (Wildman–Crippen MR) is 148 cm³/mol. The van der Waals surface area contributed by atoms with Gasteiger partial charge in [-0.1, -0.05) is 36.4 Å². The highest BCUT2D eigenvalue weighted by Gasteiger charge is 2.25. The Morgan fingerprint density at radius 2 is 1.73 bits per heavy atom. The van der Waals surface area contributed by atoms with Crippen molar-refractivity contribution in [2.75, 3.05) is 32.7 Å². The zero-order valence-corrected chi connectivity index (χ0v) is 22.4. The number of ether oxygens (including phenoxy) is 1. The molecule has 200 valence electrons. The summed E-state index contributed by atoms with van der Waals surface area (Å²) in [7, 11) is 0. The van der Waals surface area contributed by atoms with Crippen LogP contribution in [-0.2, 0) is 11.3 Å². The number of likely N-dealkylation sites (tertiary alicyclic amines) is 1. The van der Waals surface area contributed by atoms with Crippen LogP contribution in [0.1, 0.15) is 57.1 Å². The minimum Gasteiger partial charge on any atom is -0.490 e. The summed E-state index contributed by atoms with van der Waals surface area (Å²) in [5, 5.41) is 3.37. The van der Waals surface area contributed by atoms with Gasteiger partial charge in [0.15, 0.2) is 0 Å². The van der Waals surface area contributed by atoms with E-state index in [4.69, 9.17) is 4.74 Å². The molecule has 2 aliphatic heterocycles. The maximum absolute atomic E-state index is 13.2. The van der Waals surface area contributed by atoms with Crippen molar-refractivity contribution >= 4 is 12.0 Å². The SMILES string of the molecule is CC(C)N(Cc1ccc(F)cc1)C(=O)CC1CCN(C/C=C/c2ccc(OC3CCNCC3)cc2)CC1. The van der Waals surface area contributed by atoms with E-state index in [0.29, 0.717) is 25.0 Å². The van der Waals surface area contributed by atoms with Gasteiger partial charge in [-0.2, -0.15) is 0 Å². The standard InChI is InChI=1S/C31H42FN3O2/c1-24(2)35(23-27-5-9-28(32)10-6-27)31(36)22-26-15-20-34(21-16-26)19-3-4-25-7-11-29(12-8-25)37-30-13-17-33-18-14-30/h3-12,24,26,30,33H,13-23H2,1-2H3/b4-3+. The number of piperidine rings is 2. The molecule has 0 atom stereocenters. The highest BCUT2D eigenvalue weighted by Crippen LogP contribution is 2.23. The van der Waals surface area contributed by atoms with Crippen molar-refractivity contribution in [2.24, 2.45) is 5.92 Å². The summed E-state index contributed by atoms with van der Waals surface area (Å²) in [6, 6.07) is 15.0. The molecule has 2 saturated heterocycles. The summed E-state index contributed by atoms with van der Waals surface area (Å²) < 4.78 is 19.3. The van der Waals surface area contributed by atoms with E-state index in [1.54, 1.807) is 12.1 Å². The van der Waals surface area contributed by atoms with Gasteiger partial charge in [-0.3, -0.25) is 9.69 Å². The highest BCUT2D eigenvalue weighted by atomic mass is 19.1. The van der Waals surface area contributed by atoms with E-state index in [0.717, 1.165) is 69.7 Å². The fraction of sp³-hybridized carbons (Fsp3) is 0.516. The van der Waals surface area contributed by atoms with Crippen LogP contribution in [0.5, 0.6) is 5.75 Å². The molecule has 0 saturated carbocycles. The Kier molecular flexibility index (Phi) is 10.1. The number of hydrogen-bond acceptors (Lipinski definition) is 4. The number of halogens is 1. The van der Waals surface area contributed by atoms with Crippen LogP contribution in [0.2, 0.25) is 0 Å². The lowest BCUT2D eigenvalue weighted by molar-refractivity contribution is -0.135. The molecule has 0 radical (unpaired) electrons. The molecule has 0 aromatic heterocycles. The van der Waals surface area contributed by atoms with Gasteiger partial charge >= 0.3 is 0 Å². The Hall–Kier alpha value is -2.70. The van der Waals surface area contributed by atoms with Crippen LogP contribution in [-0.4, -0.2) is 60.6 Å². The molecular formula is C31H42FN3O2. The second-order valence-corrected chi connectivity index (χ2v) is 10.7. The Morgan fingerprint density at radius 1 is 1.05 bits per heavy atom. The molecule has 1 amide bonds. The molecule has 2 aromatic carbocycles. The Balaban J connectivity index is 1.17. The largest absolute Gasteiger partial charge is 0.490 e. The third kappa shape index (κ3) is 8.68. The smallest absolute Gasteiger partial charge is 0.223 e. The molecule has 4 rings (SSSR count). The molecule has 2 fully saturated rings. The first kappa shape index (κ1) is 27.3. The molecule has 0 aliphatic carbocycles. The summed E-state index contributed by atoms with van der Waals surface area (Å²) in [4.78, 5) is 17.5. The van der Waals surface area contributed by atoms with Crippen LogP contribution in [0.15, 0.2) is 54.6 Å². The van der Waals surface area contributed by atoms with Crippen molar-refractivity contribution in [3.8, 4) is 5.75 Å². The van der Waals surface area contributed by atoms with Crippen molar-refractivity contribution in [1.29, 1.82) is 0 Å². The molecule has 1 N–H and O–H groups in total. The molecule has 6 heteroatoms. The number of amides is 1. The maximum atomic E-state index is 13.2. The molecule has 2 heterocycles. The van der Waals surface area contributed by atoms with E-state index in [-0.39, 0.29) is 17.8 Å². The van der Waals surface area contributed by atoms with Gasteiger partial charge < -0.3 is 15.0 Å². The number of nitrogens with one attached hydrogen (secondary N) is 1. The molecule has 2 aliphatic rings. The van der Waals surface area contributed by atoms with E-state index in [2.05, 4.69) is 46.6 Å². The highest BCUT2D eigenvalue weighted by molar-refractivity contribution is 5.76. The van der Waals surface area contributed by atoms with E-state index in [1.807, 2.05) is 18.7 Å². The van der Waals surface area contributed by atoms with Gasteiger partial charge in [0.2, 0.25) is 5.91 Å². The fourth-order valence-electron chi connectivity index (χ4n) is 5.18. The fourth-order valence-corrected chi connectivity index (χ4v) is 5.18. The van der Waals surface area contributed by atoms with Gasteiger partial charge in [-0.15, -0.1) is 0 Å². The molecule has 0 bridgehead atoms. The van der Waals surface area contributed by atoms with Gasteiger partial charge in [0.05, 0.1) is 0 Å². The van der Waals surface area contributed by atoms with Crippen molar-refractivity contribution in [3.63, 3.8) is 0 Å². The predicted octanol–water partition coefficient (Wildman–Crippen LogP) is 5.51. The maximum Gasteiger partial charge on any atom is 0.223 e. The summed E-state index contributed by atoms with van der Waals surface area (Å²) in [6.45, 7) is 9.66. The number of nitrogens with zero attached hydrogens (tertiary/aromatic N) is 2. The van der Waals surface area contributed by atoms with Crippen LogP contribution in [0, 0.1) is 11.7 Å². The van der Waals surface area contributed by atoms with Crippen LogP contribution in [0.25, 0.3) is 6.08 Å². The van der Waals surface area contributed by atoms with E-state index in [9.17, 15) is 9.18 Å². The van der Waals surface area contributed by atoms with E-state index in [1.165, 1.54) is 17.7 Å². The average Bonchev–Trinajstić information content (AvgIpc) is 2.90. The summed E-state index contributed by atoms with van der Waals surface area (Å²) >= 11 is 0. The second-order valence-electron chi connectivity index (χ2n) is 10.7. The number of rotatable bonds is 10. The van der Waals surface area contributed by atoms with Crippen molar-refractivity contribution < 1.29 is 13.9 Å². The van der Waals surface area contributed by atoms with Crippen molar-refractivity contribution in [2.45, 2.75) is 64.6 Å². The molecular weight excluding hydrogens is 465 g/mol. The lowest BCUT2D eigenvalue weighted by atomic mass is 9.92. The summed E-state index contributed by atoms with van der Waals surface area (Å²) in [5.41, 5.74) is 2.15. The van der Waals surface area contributed by atoms with Gasteiger partial charge in [0, 0.05) is 25.6 Å². The first-order valence-corrected chi connectivity index (χ1v) is 13.9. The molecule has 0 unspecified atom stereocenters. The van der Waals surface area contributed by atoms with Crippen LogP contribution in [0.3, 0.4) is 0 Å². The molecule has 5 nitrogen and oxygen atoms in total. The Morgan fingerprint density at radius 3 is 2.38 bits per heavy atom. The third-order valence-electron chi connectivity index (χ3n) is 7.52. The first-order valence-electron chi connectivity index (χ1n) is 13.9. The zero-order chi connectivity index (χ0) is 26.0. The van der Waals surface area contributed by atoms with E-state index >= 15 is 0 Å². The van der Waals surface area contributed by atoms with Crippen LogP contribution in [0.4, 0.5) is 4.39 Å². The lowest BCUT2D eigenvalue weighted by Crippen LogP contribution is -2.39. The molecule has 2 aromatic rings. The quantitative estimate of drug-likeness (QED) is 0.461. The van der Waals surface area contributed by atoms with Crippen LogP contribution >= 0.6 is 0 Å². The normalized spacial score (nSPS) is 17.9.